The molecule has 15 heavy (non-hydrogen) atoms. The molecule has 0 aliphatic heterocycles. The van der Waals surface area contributed by atoms with Gasteiger partial charge in [-0.3, -0.25) is 4.79 Å². The van der Waals surface area contributed by atoms with Crippen molar-refractivity contribution in [1.29, 1.82) is 0 Å². The quantitative estimate of drug-likeness (QED) is 0.717. The monoisotopic (exact) mass is 218 g/mol. The maximum absolute atomic E-state index is 12.2. The SMILES string of the molecule is NCCN(CC(F)F)c1cc(=O)[nH]cn1. The number of anilines is 1. The Kier molecular flexibility index (Phi) is 4.17. The number of nitrogens with zero attached hydrogens (tertiary/aromatic N) is 2. The largest absolute Gasteiger partial charge is 0.349 e. The Balaban J connectivity index is 2.83. The number of rotatable bonds is 5. The third-order valence-corrected chi connectivity index (χ3v) is 1.75. The molecule has 3 N–H and O–H groups in total. The van der Waals surface area contributed by atoms with E-state index in [-0.39, 0.29) is 24.5 Å². The predicted molar refractivity (Wildman–Crippen MR) is 52.1 cm³/mol. The summed E-state index contributed by atoms with van der Waals surface area (Å²) in [6, 6.07) is 1.16. The van der Waals surface area contributed by atoms with E-state index in [0.717, 1.165) is 6.07 Å². The van der Waals surface area contributed by atoms with E-state index in [1.807, 2.05) is 0 Å². The number of aromatic amines is 1. The number of alkyl halides is 2. The third kappa shape index (κ3) is 3.62. The number of aromatic nitrogens is 2. The fourth-order valence-corrected chi connectivity index (χ4v) is 1.15. The molecule has 0 aliphatic carbocycles. The first-order chi connectivity index (χ1) is 7.13. The Morgan fingerprint density at radius 1 is 1.60 bits per heavy atom. The minimum atomic E-state index is -2.49. The van der Waals surface area contributed by atoms with Gasteiger partial charge in [-0.1, -0.05) is 0 Å². The van der Waals surface area contributed by atoms with Gasteiger partial charge in [0.25, 0.3) is 12.0 Å². The van der Waals surface area contributed by atoms with Crippen molar-refractivity contribution in [3.63, 3.8) is 0 Å². The molecular weight excluding hydrogens is 206 g/mol. The molecule has 1 aromatic rings. The van der Waals surface area contributed by atoms with Crippen molar-refractivity contribution in [3.8, 4) is 0 Å². The molecular formula is C8H12F2N4O. The van der Waals surface area contributed by atoms with Gasteiger partial charge in [0, 0.05) is 19.2 Å². The van der Waals surface area contributed by atoms with Crippen LogP contribution in [-0.2, 0) is 0 Å². The second kappa shape index (κ2) is 5.40. The van der Waals surface area contributed by atoms with Gasteiger partial charge in [0.2, 0.25) is 0 Å². The van der Waals surface area contributed by atoms with Crippen LogP contribution in [0.4, 0.5) is 14.6 Å². The lowest BCUT2D eigenvalue weighted by molar-refractivity contribution is 0.154. The van der Waals surface area contributed by atoms with E-state index in [2.05, 4.69) is 9.97 Å². The van der Waals surface area contributed by atoms with Crippen LogP contribution >= 0.6 is 0 Å². The molecule has 84 valence electrons. The average Bonchev–Trinajstić information content (AvgIpc) is 2.16. The molecule has 0 amide bonds. The van der Waals surface area contributed by atoms with E-state index >= 15 is 0 Å². The first-order valence-corrected chi connectivity index (χ1v) is 4.41. The van der Waals surface area contributed by atoms with Gasteiger partial charge in [0.05, 0.1) is 12.9 Å². The third-order valence-electron chi connectivity index (χ3n) is 1.75. The van der Waals surface area contributed by atoms with Gasteiger partial charge < -0.3 is 15.6 Å². The molecule has 0 saturated heterocycles. The standard InChI is InChI=1S/C8H12F2N4O/c9-6(10)4-14(2-1-11)7-3-8(15)13-5-12-7/h3,5-6H,1-2,4,11H2,(H,12,13,15). The van der Waals surface area contributed by atoms with E-state index in [1.54, 1.807) is 0 Å². The average molecular weight is 218 g/mol. The Morgan fingerprint density at radius 2 is 2.33 bits per heavy atom. The fraction of sp³-hybridized carbons (Fsp3) is 0.500. The summed E-state index contributed by atoms with van der Waals surface area (Å²) in [5.74, 6) is 0.213. The molecule has 1 aromatic heterocycles. The summed E-state index contributed by atoms with van der Waals surface area (Å²) >= 11 is 0. The van der Waals surface area contributed by atoms with Crippen LogP contribution in [0.25, 0.3) is 0 Å². The molecule has 0 atom stereocenters. The van der Waals surface area contributed by atoms with Crippen molar-refractivity contribution in [2.24, 2.45) is 5.73 Å². The van der Waals surface area contributed by atoms with Gasteiger partial charge in [-0.05, 0) is 0 Å². The topological polar surface area (TPSA) is 75.0 Å². The van der Waals surface area contributed by atoms with Crippen LogP contribution in [0.5, 0.6) is 0 Å². The summed E-state index contributed by atoms with van der Waals surface area (Å²) in [5, 5.41) is 0. The van der Waals surface area contributed by atoms with Gasteiger partial charge in [-0.25, -0.2) is 13.8 Å². The zero-order valence-corrected chi connectivity index (χ0v) is 7.99. The van der Waals surface area contributed by atoms with Gasteiger partial charge in [0.15, 0.2) is 0 Å². The smallest absolute Gasteiger partial charge is 0.255 e. The lowest BCUT2D eigenvalue weighted by Crippen LogP contribution is -2.34. The lowest BCUT2D eigenvalue weighted by atomic mass is 10.4. The summed E-state index contributed by atoms with van der Waals surface area (Å²) in [6.07, 6.45) is -1.32. The van der Waals surface area contributed by atoms with Gasteiger partial charge in [-0.2, -0.15) is 0 Å². The van der Waals surface area contributed by atoms with Crippen LogP contribution in [0, 0.1) is 0 Å². The Hall–Kier alpha value is -1.50. The van der Waals surface area contributed by atoms with Crippen molar-refractivity contribution >= 4 is 5.82 Å². The van der Waals surface area contributed by atoms with Crippen molar-refractivity contribution in [2.75, 3.05) is 24.5 Å². The summed E-state index contributed by atoms with van der Waals surface area (Å²) in [5.41, 5.74) is 4.90. The zero-order valence-electron chi connectivity index (χ0n) is 7.99. The first kappa shape index (κ1) is 11.6. The molecule has 7 heteroatoms. The molecule has 0 spiro atoms. The summed E-state index contributed by atoms with van der Waals surface area (Å²) in [7, 11) is 0. The van der Waals surface area contributed by atoms with Crippen LogP contribution in [0.1, 0.15) is 0 Å². The first-order valence-electron chi connectivity index (χ1n) is 4.41. The number of nitrogens with one attached hydrogen (secondary N) is 1. The van der Waals surface area contributed by atoms with E-state index < -0.39 is 13.0 Å². The predicted octanol–water partition coefficient (Wildman–Crippen LogP) is -0.200. The van der Waals surface area contributed by atoms with Gasteiger partial charge in [0.1, 0.15) is 5.82 Å². The normalized spacial score (nSPS) is 10.7. The Bertz CT molecular complexity index is 354. The summed E-state index contributed by atoms with van der Waals surface area (Å²) < 4.78 is 24.4. The second-order valence-corrected chi connectivity index (χ2v) is 2.90. The number of hydrogen-bond donors (Lipinski definition) is 2. The van der Waals surface area contributed by atoms with Crippen LogP contribution in [-0.4, -0.2) is 36.0 Å². The molecule has 0 radical (unpaired) electrons. The maximum Gasteiger partial charge on any atom is 0.255 e. The molecule has 5 nitrogen and oxygen atoms in total. The minimum Gasteiger partial charge on any atom is -0.349 e. The van der Waals surface area contributed by atoms with Crippen molar-refractivity contribution in [1.82, 2.24) is 9.97 Å². The van der Waals surface area contributed by atoms with Crippen LogP contribution in [0.3, 0.4) is 0 Å². The Labute approximate surface area is 84.9 Å². The summed E-state index contributed by atoms with van der Waals surface area (Å²) in [6.45, 7) is -0.0182. The second-order valence-electron chi connectivity index (χ2n) is 2.90. The maximum atomic E-state index is 12.2. The van der Waals surface area contributed by atoms with Crippen LogP contribution < -0.4 is 16.2 Å². The summed E-state index contributed by atoms with van der Waals surface area (Å²) in [4.78, 5) is 18.3. The molecule has 0 aliphatic rings. The van der Waals surface area contributed by atoms with E-state index in [4.69, 9.17) is 5.73 Å². The highest BCUT2D eigenvalue weighted by Gasteiger charge is 2.13. The number of hydrogen-bond acceptors (Lipinski definition) is 4. The van der Waals surface area contributed by atoms with Crippen molar-refractivity contribution in [2.45, 2.75) is 6.43 Å². The van der Waals surface area contributed by atoms with E-state index in [1.165, 1.54) is 11.2 Å². The molecule has 1 rings (SSSR count). The molecule has 0 bridgehead atoms. The number of nitrogens with two attached hydrogens (primary N) is 1. The van der Waals surface area contributed by atoms with Gasteiger partial charge in [-0.15, -0.1) is 0 Å². The van der Waals surface area contributed by atoms with Crippen LogP contribution in [0.2, 0.25) is 0 Å². The molecule has 0 saturated carbocycles. The van der Waals surface area contributed by atoms with Crippen molar-refractivity contribution in [3.05, 3.63) is 22.7 Å². The minimum absolute atomic E-state index is 0.213. The molecule has 0 fully saturated rings. The van der Waals surface area contributed by atoms with E-state index in [9.17, 15) is 13.6 Å². The van der Waals surface area contributed by atoms with Gasteiger partial charge >= 0.3 is 0 Å². The fourth-order valence-electron chi connectivity index (χ4n) is 1.15. The number of halogens is 2. The Morgan fingerprint density at radius 3 is 2.87 bits per heavy atom. The molecule has 1 heterocycles. The van der Waals surface area contributed by atoms with Crippen molar-refractivity contribution < 1.29 is 8.78 Å². The highest BCUT2D eigenvalue weighted by molar-refractivity contribution is 5.36. The molecule has 0 aromatic carbocycles. The zero-order chi connectivity index (χ0) is 11.3. The lowest BCUT2D eigenvalue weighted by Gasteiger charge is -2.21. The van der Waals surface area contributed by atoms with Crippen LogP contribution in [0.15, 0.2) is 17.2 Å². The number of H-pyrrole nitrogens is 1. The highest BCUT2D eigenvalue weighted by atomic mass is 19.3. The van der Waals surface area contributed by atoms with E-state index in [0.29, 0.717) is 0 Å². The molecule has 0 unspecified atom stereocenters. The highest BCUT2D eigenvalue weighted by Crippen LogP contribution is 2.08.